The van der Waals surface area contributed by atoms with Crippen molar-refractivity contribution in [1.82, 2.24) is 5.32 Å². The maximum absolute atomic E-state index is 14.2. The number of aryl methyl sites for hydroxylation is 1. The van der Waals surface area contributed by atoms with E-state index in [2.05, 4.69) is 5.32 Å². The molecule has 0 bridgehead atoms. The van der Waals surface area contributed by atoms with Gasteiger partial charge in [-0.2, -0.15) is 0 Å². The predicted molar refractivity (Wildman–Crippen MR) is 78.1 cm³/mol. The quantitative estimate of drug-likeness (QED) is 0.868. The minimum atomic E-state index is -0.223. The van der Waals surface area contributed by atoms with Crippen LogP contribution in [-0.4, -0.2) is 6.54 Å². The van der Waals surface area contributed by atoms with Crippen LogP contribution in [0.1, 0.15) is 29.7 Å². The third-order valence-electron chi connectivity index (χ3n) is 3.09. The summed E-state index contributed by atoms with van der Waals surface area (Å²) in [5, 5.41) is 3.94. The SMILES string of the molecule is CCNC(c1ccc(C)cc1F)c1ccccc1Cl. The fourth-order valence-electron chi connectivity index (χ4n) is 2.17. The lowest BCUT2D eigenvalue weighted by molar-refractivity contribution is 0.558. The Bertz CT molecular complexity index is 568. The van der Waals surface area contributed by atoms with Gasteiger partial charge in [0.2, 0.25) is 0 Å². The van der Waals surface area contributed by atoms with Crippen LogP contribution in [0.4, 0.5) is 4.39 Å². The molecule has 100 valence electrons. The van der Waals surface area contributed by atoms with Gasteiger partial charge in [-0.25, -0.2) is 4.39 Å². The molecule has 0 saturated heterocycles. The van der Waals surface area contributed by atoms with Gasteiger partial charge in [-0.1, -0.05) is 48.9 Å². The Kier molecular flexibility index (Phi) is 4.56. The first-order valence-electron chi connectivity index (χ1n) is 6.37. The summed E-state index contributed by atoms with van der Waals surface area (Å²) in [5.41, 5.74) is 2.44. The van der Waals surface area contributed by atoms with Crippen LogP contribution >= 0.6 is 11.6 Å². The maximum Gasteiger partial charge on any atom is 0.128 e. The van der Waals surface area contributed by atoms with Gasteiger partial charge in [0.1, 0.15) is 5.82 Å². The molecule has 0 spiro atoms. The summed E-state index contributed by atoms with van der Waals surface area (Å²) in [5.74, 6) is -0.203. The molecule has 1 atom stereocenters. The lowest BCUT2D eigenvalue weighted by atomic mass is 9.97. The smallest absolute Gasteiger partial charge is 0.128 e. The molecule has 0 radical (unpaired) electrons. The van der Waals surface area contributed by atoms with Crippen LogP contribution in [-0.2, 0) is 0 Å². The molecule has 2 aromatic carbocycles. The highest BCUT2D eigenvalue weighted by molar-refractivity contribution is 6.31. The first-order chi connectivity index (χ1) is 9.13. The monoisotopic (exact) mass is 277 g/mol. The molecule has 1 N–H and O–H groups in total. The van der Waals surface area contributed by atoms with E-state index in [1.165, 1.54) is 0 Å². The largest absolute Gasteiger partial charge is 0.306 e. The molecule has 0 fully saturated rings. The van der Waals surface area contributed by atoms with Crippen molar-refractivity contribution in [2.45, 2.75) is 19.9 Å². The van der Waals surface area contributed by atoms with E-state index in [9.17, 15) is 4.39 Å². The summed E-state index contributed by atoms with van der Waals surface area (Å²) in [4.78, 5) is 0. The molecule has 0 aliphatic rings. The average Bonchev–Trinajstić information content (AvgIpc) is 2.38. The van der Waals surface area contributed by atoms with Gasteiger partial charge in [0.25, 0.3) is 0 Å². The molecule has 19 heavy (non-hydrogen) atoms. The van der Waals surface area contributed by atoms with Gasteiger partial charge in [-0.15, -0.1) is 0 Å². The van der Waals surface area contributed by atoms with Crippen LogP contribution in [0.5, 0.6) is 0 Å². The van der Waals surface area contributed by atoms with Gasteiger partial charge >= 0.3 is 0 Å². The molecule has 0 heterocycles. The zero-order valence-corrected chi connectivity index (χ0v) is 11.8. The fourth-order valence-corrected chi connectivity index (χ4v) is 2.41. The van der Waals surface area contributed by atoms with Gasteiger partial charge in [-0.05, 0) is 36.7 Å². The third-order valence-corrected chi connectivity index (χ3v) is 3.44. The third kappa shape index (κ3) is 3.14. The molecule has 0 saturated carbocycles. The van der Waals surface area contributed by atoms with E-state index in [-0.39, 0.29) is 11.9 Å². The summed E-state index contributed by atoms with van der Waals surface area (Å²) in [6, 6.07) is 12.6. The topological polar surface area (TPSA) is 12.0 Å². The van der Waals surface area contributed by atoms with Gasteiger partial charge < -0.3 is 5.32 Å². The van der Waals surface area contributed by atoms with Crippen molar-refractivity contribution in [1.29, 1.82) is 0 Å². The molecule has 2 rings (SSSR count). The summed E-state index contributed by atoms with van der Waals surface area (Å²) in [7, 11) is 0. The summed E-state index contributed by atoms with van der Waals surface area (Å²) in [6.07, 6.45) is 0. The molecular formula is C16H17ClFN. The van der Waals surface area contributed by atoms with E-state index < -0.39 is 0 Å². The highest BCUT2D eigenvalue weighted by Crippen LogP contribution is 2.29. The van der Waals surface area contributed by atoms with E-state index in [1.807, 2.05) is 50.2 Å². The highest BCUT2D eigenvalue weighted by atomic mass is 35.5. The fraction of sp³-hybridized carbons (Fsp3) is 0.250. The average molecular weight is 278 g/mol. The second-order valence-corrected chi connectivity index (χ2v) is 4.94. The normalized spacial score (nSPS) is 12.4. The first kappa shape index (κ1) is 14.0. The van der Waals surface area contributed by atoms with Crippen LogP contribution in [0.25, 0.3) is 0 Å². The molecule has 1 nitrogen and oxygen atoms in total. The Balaban J connectivity index is 2.48. The van der Waals surface area contributed by atoms with Crippen molar-refractivity contribution >= 4 is 11.6 Å². The van der Waals surface area contributed by atoms with Crippen molar-refractivity contribution in [3.8, 4) is 0 Å². The second-order valence-electron chi connectivity index (χ2n) is 4.54. The van der Waals surface area contributed by atoms with E-state index in [4.69, 9.17) is 11.6 Å². The molecule has 0 aromatic heterocycles. The minimum absolute atomic E-state index is 0.203. The van der Waals surface area contributed by atoms with Crippen molar-refractivity contribution in [3.63, 3.8) is 0 Å². The van der Waals surface area contributed by atoms with Crippen LogP contribution in [0.2, 0.25) is 5.02 Å². The van der Waals surface area contributed by atoms with E-state index in [1.54, 1.807) is 6.07 Å². The van der Waals surface area contributed by atoms with Crippen LogP contribution < -0.4 is 5.32 Å². The number of hydrogen-bond acceptors (Lipinski definition) is 1. The number of rotatable bonds is 4. The Morgan fingerprint density at radius 3 is 2.53 bits per heavy atom. The van der Waals surface area contributed by atoms with Crippen molar-refractivity contribution in [2.24, 2.45) is 0 Å². The Morgan fingerprint density at radius 2 is 1.89 bits per heavy atom. The Hall–Kier alpha value is -1.38. The molecule has 2 aromatic rings. The van der Waals surface area contributed by atoms with Crippen LogP contribution in [0.3, 0.4) is 0 Å². The minimum Gasteiger partial charge on any atom is -0.306 e. The zero-order valence-electron chi connectivity index (χ0n) is 11.1. The van der Waals surface area contributed by atoms with Crippen molar-refractivity contribution in [3.05, 3.63) is 70.0 Å². The number of halogens is 2. The molecule has 3 heteroatoms. The zero-order chi connectivity index (χ0) is 13.8. The van der Waals surface area contributed by atoms with Crippen LogP contribution in [0.15, 0.2) is 42.5 Å². The lowest BCUT2D eigenvalue weighted by Gasteiger charge is -2.21. The molecule has 0 aliphatic carbocycles. The number of hydrogen-bond donors (Lipinski definition) is 1. The van der Waals surface area contributed by atoms with Crippen LogP contribution in [0, 0.1) is 12.7 Å². The van der Waals surface area contributed by atoms with Gasteiger partial charge in [0.15, 0.2) is 0 Å². The van der Waals surface area contributed by atoms with Gasteiger partial charge in [-0.3, -0.25) is 0 Å². The standard InChI is InChI=1S/C16H17ClFN/c1-3-19-16(12-6-4-5-7-14(12)17)13-9-8-11(2)10-15(13)18/h4-10,16,19H,3H2,1-2H3. The van der Waals surface area contributed by atoms with Crippen molar-refractivity contribution < 1.29 is 4.39 Å². The maximum atomic E-state index is 14.2. The number of nitrogens with one attached hydrogen (secondary N) is 1. The molecular weight excluding hydrogens is 261 g/mol. The molecule has 0 aliphatic heterocycles. The second kappa shape index (κ2) is 6.18. The van der Waals surface area contributed by atoms with E-state index >= 15 is 0 Å². The molecule has 1 unspecified atom stereocenters. The predicted octanol–water partition coefficient (Wildman–Crippen LogP) is 4.49. The number of benzene rings is 2. The highest BCUT2D eigenvalue weighted by Gasteiger charge is 2.19. The summed E-state index contributed by atoms with van der Waals surface area (Å²) < 4.78 is 14.2. The Labute approximate surface area is 118 Å². The first-order valence-corrected chi connectivity index (χ1v) is 6.75. The lowest BCUT2D eigenvalue weighted by Crippen LogP contribution is -2.23. The summed E-state index contributed by atoms with van der Waals surface area (Å²) >= 11 is 6.23. The van der Waals surface area contributed by atoms with E-state index in [0.717, 1.165) is 17.7 Å². The summed E-state index contributed by atoms with van der Waals surface area (Å²) in [6.45, 7) is 4.61. The van der Waals surface area contributed by atoms with Gasteiger partial charge in [0, 0.05) is 10.6 Å². The van der Waals surface area contributed by atoms with Crippen molar-refractivity contribution in [2.75, 3.05) is 6.54 Å². The molecule has 0 amide bonds. The van der Waals surface area contributed by atoms with E-state index in [0.29, 0.717) is 10.6 Å². The Morgan fingerprint density at radius 1 is 1.16 bits per heavy atom. The van der Waals surface area contributed by atoms with Gasteiger partial charge in [0.05, 0.1) is 6.04 Å².